The summed E-state index contributed by atoms with van der Waals surface area (Å²) in [7, 11) is 0. The van der Waals surface area contributed by atoms with E-state index in [0.717, 1.165) is 5.75 Å². The fraction of sp³-hybridized carbons (Fsp3) is 0.909. The van der Waals surface area contributed by atoms with Gasteiger partial charge in [0.2, 0.25) is 5.91 Å². The Morgan fingerprint density at radius 1 is 1.33 bits per heavy atom. The zero-order valence-corrected chi connectivity index (χ0v) is 11.2. The van der Waals surface area contributed by atoms with Crippen molar-refractivity contribution in [3.8, 4) is 0 Å². The Balaban J connectivity index is 3.98. The predicted octanol–water partition coefficient (Wildman–Crippen LogP) is 1.65. The molecule has 0 spiro atoms. The summed E-state index contributed by atoms with van der Waals surface area (Å²) in [6, 6.07) is 0. The molecule has 0 saturated carbocycles. The number of nitrogens with one attached hydrogen (secondary N) is 1. The first-order chi connectivity index (χ1) is 6.69. The number of carbonyl (C=O) groups excluding carboxylic acids is 1. The molecule has 1 amide bonds. The first-order valence-corrected chi connectivity index (χ1v) is 6.58. The highest BCUT2D eigenvalue weighted by Gasteiger charge is 2.25. The van der Waals surface area contributed by atoms with Crippen molar-refractivity contribution in [3.63, 3.8) is 0 Å². The second-order valence-corrected chi connectivity index (χ2v) is 6.16. The summed E-state index contributed by atoms with van der Waals surface area (Å²) >= 11 is 1.70. The summed E-state index contributed by atoms with van der Waals surface area (Å²) in [5, 5.41) is 12.7. The third kappa shape index (κ3) is 6.79. The third-order valence-corrected chi connectivity index (χ3v) is 2.77. The number of amides is 1. The van der Waals surface area contributed by atoms with E-state index in [-0.39, 0.29) is 5.91 Å². The molecule has 0 aliphatic rings. The molecular formula is C11H23NO2S. The molecular weight excluding hydrogens is 210 g/mol. The zero-order chi connectivity index (χ0) is 12.1. The molecule has 15 heavy (non-hydrogen) atoms. The maximum absolute atomic E-state index is 11.6. The van der Waals surface area contributed by atoms with Gasteiger partial charge in [-0.05, 0) is 25.4 Å². The Labute approximate surface area is 97.0 Å². The van der Waals surface area contributed by atoms with Gasteiger partial charge in [-0.2, -0.15) is 11.8 Å². The summed E-state index contributed by atoms with van der Waals surface area (Å²) in [4.78, 5) is 11.6. The average Bonchev–Trinajstić information content (AvgIpc) is 2.09. The molecule has 0 aromatic heterocycles. The fourth-order valence-electron chi connectivity index (χ4n) is 0.946. The summed E-state index contributed by atoms with van der Waals surface area (Å²) in [5.74, 6) is 0.880. The Morgan fingerprint density at radius 2 is 1.87 bits per heavy atom. The highest BCUT2D eigenvalue weighted by atomic mass is 32.2. The van der Waals surface area contributed by atoms with Gasteiger partial charge in [0, 0.05) is 12.0 Å². The minimum absolute atomic E-state index is 0.0214. The van der Waals surface area contributed by atoms with Crippen molar-refractivity contribution in [1.82, 2.24) is 5.32 Å². The largest absolute Gasteiger partial charge is 0.388 e. The van der Waals surface area contributed by atoms with Crippen molar-refractivity contribution < 1.29 is 9.90 Å². The van der Waals surface area contributed by atoms with Gasteiger partial charge >= 0.3 is 0 Å². The van der Waals surface area contributed by atoms with Crippen molar-refractivity contribution in [3.05, 3.63) is 0 Å². The summed E-state index contributed by atoms with van der Waals surface area (Å²) in [6.07, 6.45) is 2.70. The van der Waals surface area contributed by atoms with Crippen LogP contribution in [0.4, 0.5) is 0 Å². The number of thioether (sulfide) groups is 1. The van der Waals surface area contributed by atoms with Crippen molar-refractivity contribution >= 4 is 17.7 Å². The van der Waals surface area contributed by atoms with Gasteiger partial charge in [0.15, 0.2) is 0 Å². The van der Waals surface area contributed by atoms with Crippen LogP contribution >= 0.6 is 11.8 Å². The van der Waals surface area contributed by atoms with Crippen LogP contribution in [0.25, 0.3) is 0 Å². The molecule has 90 valence electrons. The van der Waals surface area contributed by atoms with E-state index in [2.05, 4.69) is 5.32 Å². The number of carbonyl (C=O) groups is 1. The van der Waals surface area contributed by atoms with E-state index in [0.29, 0.717) is 13.0 Å². The maximum Gasteiger partial charge on any atom is 0.225 e. The van der Waals surface area contributed by atoms with Gasteiger partial charge in [-0.1, -0.05) is 20.8 Å². The quantitative estimate of drug-likeness (QED) is 0.759. The van der Waals surface area contributed by atoms with Gasteiger partial charge in [0.1, 0.15) is 0 Å². The Morgan fingerprint density at radius 3 is 2.27 bits per heavy atom. The fourth-order valence-corrected chi connectivity index (χ4v) is 1.59. The molecule has 0 rings (SSSR count). The van der Waals surface area contributed by atoms with Gasteiger partial charge in [-0.15, -0.1) is 0 Å². The van der Waals surface area contributed by atoms with E-state index in [9.17, 15) is 9.90 Å². The molecule has 0 bridgehead atoms. The summed E-state index contributed by atoms with van der Waals surface area (Å²) < 4.78 is 0. The van der Waals surface area contributed by atoms with Gasteiger partial charge in [0.05, 0.1) is 5.60 Å². The number of rotatable bonds is 5. The molecule has 0 heterocycles. The molecule has 0 aromatic rings. The third-order valence-electron chi connectivity index (χ3n) is 2.16. The van der Waals surface area contributed by atoms with Crippen molar-refractivity contribution in [1.29, 1.82) is 0 Å². The molecule has 0 unspecified atom stereocenters. The van der Waals surface area contributed by atoms with Crippen LogP contribution in [0.15, 0.2) is 0 Å². The first-order valence-electron chi connectivity index (χ1n) is 5.19. The van der Waals surface area contributed by atoms with E-state index in [1.165, 1.54) is 0 Å². The first kappa shape index (κ1) is 14.8. The number of aliphatic hydroxyl groups is 1. The molecule has 3 nitrogen and oxygen atoms in total. The van der Waals surface area contributed by atoms with Crippen LogP contribution in [-0.2, 0) is 4.79 Å². The minimum atomic E-state index is -0.802. The van der Waals surface area contributed by atoms with Gasteiger partial charge in [-0.3, -0.25) is 4.79 Å². The van der Waals surface area contributed by atoms with Crippen LogP contribution in [-0.4, -0.2) is 35.2 Å². The van der Waals surface area contributed by atoms with Crippen LogP contribution in [0.2, 0.25) is 0 Å². The SMILES string of the molecule is CSCC[C@@](C)(O)CNC(=O)C(C)(C)C. The van der Waals surface area contributed by atoms with Crippen molar-refractivity contribution in [2.75, 3.05) is 18.6 Å². The van der Waals surface area contributed by atoms with Crippen LogP contribution in [0.5, 0.6) is 0 Å². The summed E-state index contributed by atoms with van der Waals surface area (Å²) in [6.45, 7) is 7.66. The Kier molecular flexibility index (Phi) is 5.67. The molecule has 0 fully saturated rings. The van der Waals surface area contributed by atoms with Crippen LogP contribution in [0.1, 0.15) is 34.1 Å². The second kappa shape index (κ2) is 5.75. The molecule has 1 atom stereocenters. The lowest BCUT2D eigenvalue weighted by Gasteiger charge is -2.26. The van der Waals surface area contributed by atoms with Gasteiger partial charge in [-0.25, -0.2) is 0 Å². The topological polar surface area (TPSA) is 49.3 Å². The Hall–Kier alpha value is -0.220. The van der Waals surface area contributed by atoms with Crippen LogP contribution in [0.3, 0.4) is 0 Å². The highest BCUT2D eigenvalue weighted by molar-refractivity contribution is 7.98. The second-order valence-electron chi connectivity index (χ2n) is 5.17. The molecule has 4 heteroatoms. The molecule has 0 aliphatic heterocycles. The number of hydrogen-bond donors (Lipinski definition) is 2. The normalized spacial score (nSPS) is 15.9. The minimum Gasteiger partial charge on any atom is -0.388 e. The highest BCUT2D eigenvalue weighted by Crippen LogP contribution is 2.15. The van der Waals surface area contributed by atoms with E-state index in [1.807, 2.05) is 27.0 Å². The van der Waals surface area contributed by atoms with Gasteiger partial charge < -0.3 is 10.4 Å². The molecule has 2 N–H and O–H groups in total. The van der Waals surface area contributed by atoms with E-state index in [4.69, 9.17) is 0 Å². The monoisotopic (exact) mass is 233 g/mol. The van der Waals surface area contributed by atoms with E-state index in [1.54, 1.807) is 18.7 Å². The molecule has 0 aliphatic carbocycles. The molecule has 0 saturated heterocycles. The van der Waals surface area contributed by atoms with Crippen molar-refractivity contribution in [2.24, 2.45) is 5.41 Å². The molecule has 0 aromatic carbocycles. The lowest BCUT2D eigenvalue weighted by atomic mass is 9.95. The zero-order valence-electron chi connectivity index (χ0n) is 10.4. The summed E-state index contributed by atoms with van der Waals surface area (Å²) in [5.41, 5.74) is -1.19. The predicted molar refractivity (Wildman–Crippen MR) is 66.1 cm³/mol. The lowest BCUT2D eigenvalue weighted by molar-refractivity contribution is -0.129. The molecule has 0 radical (unpaired) electrons. The van der Waals surface area contributed by atoms with Crippen molar-refractivity contribution in [2.45, 2.75) is 39.7 Å². The average molecular weight is 233 g/mol. The van der Waals surface area contributed by atoms with E-state index < -0.39 is 11.0 Å². The maximum atomic E-state index is 11.6. The standard InChI is InChI=1S/C11H23NO2S/c1-10(2,3)9(13)12-8-11(4,14)6-7-15-5/h14H,6-8H2,1-5H3,(H,12,13)/t11-/m1/s1. The lowest BCUT2D eigenvalue weighted by Crippen LogP contribution is -2.44. The van der Waals surface area contributed by atoms with Crippen LogP contribution in [0, 0.1) is 5.41 Å². The number of hydrogen-bond acceptors (Lipinski definition) is 3. The van der Waals surface area contributed by atoms with E-state index >= 15 is 0 Å². The smallest absolute Gasteiger partial charge is 0.225 e. The van der Waals surface area contributed by atoms with Crippen LogP contribution < -0.4 is 5.32 Å². The van der Waals surface area contributed by atoms with Gasteiger partial charge in [0.25, 0.3) is 0 Å². The Bertz CT molecular complexity index is 209.